The van der Waals surface area contributed by atoms with Crippen LogP contribution in [0.15, 0.2) is 5.16 Å². The number of nitrogens with zero attached hydrogens (tertiary/aromatic N) is 3. The van der Waals surface area contributed by atoms with E-state index in [4.69, 9.17) is 0 Å². The van der Waals surface area contributed by atoms with E-state index in [9.17, 15) is 9.59 Å². The molecule has 8 heteroatoms. The van der Waals surface area contributed by atoms with Gasteiger partial charge in [0.1, 0.15) is 5.82 Å². The molecule has 2 saturated carbocycles. The summed E-state index contributed by atoms with van der Waals surface area (Å²) in [5.41, 5.74) is 0. The van der Waals surface area contributed by atoms with Gasteiger partial charge in [0.25, 0.3) is 0 Å². The van der Waals surface area contributed by atoms with Gasteiger partial charge in [-0.15, -0.1) is 10.2 Å². The molecule has 0 radical (unpaired) electrons. The number of methoxy groups -OCH3 is 1. The molecule has 126 valence electrons. The zero-order chi connectivity index (χ0) is 16.2. The minimum Gasteiger partial charge on any atom is -0.469 e. The second-order valence-corrected chi connectivity index (χ2v) is 6.98. The summed E-state index contributed by atoms with van der Waals surface area (Å²) in [5, 5.41) is 12.3. The summed E-state index contributed by atoms with van der Waals surface area (Å²) < 4.78 is 6.80. The lowest BCUT2D eigenvalue weighted by Crippen LogP contribution is -2.26. The van der Waals surface area contributed by atoms with Crippen molar-refractivity contribution in [1.82, 2.24) is 20.1 Å². The molecule has 0 unspecified atom stereocenters. The van der Waals surface area contributed by atoms with Crippen molar-refractivity contribution in [2.45, 2.75) is 55.6 Å². The first-order valence-electron chi connectivity index (χ1n) is 8.10. The van der Waals surface area contributed by atoms with E-state index < -0.39 is 0 Å². The van der Waals surface area contributed by atoms with E-state index in [-0.39, 0.29) is 11.9 Å². The van der Waals surface area contributed by atoms with Crippen LogP contribution in [0.3, 0.4) is 0 Å². The predicted molar refractivity (Wildman–Crippen MR) is 85.3 cm³/mol. The number of aromatic nitrogens is 3. The van der Waals surface area contributed by atoms with E-state index in [0.717, 1.165) is 11.0 Å². The molecule has 2 aliphatic rings. The highest BCUT2D eigenvalue weighted by Crippen LogP contribution is 2.45. The Hall–Kier alpha value is -1.57. The average Bonchev–Trinajstić information content (AvgIpc) is 3.48. The summed E-state index contributed by atoms with van der Waals surface area (Å²) in [6.07, 6.45) is 5.69. The molecule has 2 fully saturated rings. The van der Waals surface area contributed by atoms with Gasteiger partial charge in [-0.25, -0.2) is 0 Å². The topological polar surface area (TPSA) is 86.1 Å². The van der Waals surface area contributed by atoms with Gasteiger partial charge in [0, 0.05) is 24.9 Å². The van der Waals surface area contributed by atoms with E-state index in [1.807, 2.05) is 0 Å². The number of rotatable bonds is 9. The second-order valence-electron chi connectivity index (χ2n) is 6.03. The van der Waals surface area contributed by atoms with Crippen molar-refractivity contribution in [3.63, 3.8) is 0 Å². The Morgan fingerprint density at radius 2 is 2.09 bits per heavy atom. The smallest absolute Gasteiger partial charge is 0.305 e. The number of hydrogen-bond donors (Lipinski definition) is 1. The van der Waals surface area contributed by atoms with E-state index in [2.05, 4.69) is 24.8 Å². The molecule has 1 aromatic rings. The second kappa shape index (κ2) is 7.33. The Labute approximate surface area is 139 Å². The molecular weight excluding hydrogens is 316 g/mol. The van der Waals surface area contributed by atoms with E-state index in [1.165, 1.54) is 44.6 Å². The summed E-state index contributed by atoms with van der Waals surface area (Å²) in [5.74, 6) is 1.71. The lowest BCUT2D eigenvalue weighted by Gasteiger charge is -2.08. The van der Waals surface area contributed by atoms with Crippen LogP contribution in [0.25, 0.3) is 0 Å². The monoisotopic (exact) mass is 338 g/mol. The maximum absolute atomic E-state index is 11.9. The van der Waals surface area contributed by atoms with Crippen molar-refractivity contribution < 1.29 is 14.3 Å². The fourth-order valence-electron chi connectivity index (χ4n) is 2.43. The van der Waals surface area contributed by atoms with Crippen LogP contribution in [0, 0.1) is 0 Å². The molecule has 3 rings (SSSR count). The molecule has 23 heavy (non-hydrogen) atoms. The van der Waals surface area contributed by atoms with E-state index in [0.29, 0.717) is 37.1 Å². The van der Waals surface area contributed by atoms with Crippen molar-refractivity contribution in [3.05, 3.63) is 5.82 Å². The maximum atomic E-state index is 11.9. The fourth-order valence-corrected chi connectivity index (χ4v) is 3.27. The van der Waals surface area contributed by atoms with Gasteiger partial charge >= 0.3 is 5.97 Å². The lowest BCUT2D eigenvalue weighted by atomic mass is 10.3. The Kier molecular flexibility index (Phi) is 5.20. The molecule has 0 spiro atoms. The van der Waals surface area contributed by atoms with Crippen LogP contribution in [-0.2, 0) is 14.3 Å². The molecular formula is C15H22N4O3S. The largest absolute Gasteiger partial charge is 0.469 e. The maximum Gasteiger partial charge on any atom is 0.305 e. The Bertz CT molecular complexity index is 581. The van der Waals surface area contributed by atoms with Crippen LogP contribution in [0.1, 0.15) is 56.3 Å². The van der Waals surface area contributed by atoms with Crippen LogP contribution in [0.2, 0.25) is 0 Å². The first-order valence-corrected chi connectivity index (χ1v) is 9.08. The number of carbonyl (C=O) groups is 2. The number of thioether (sulfide) groups is 1. The Balaban J connectivity index is 1.43. The minimum atomic E-state index is -0.251. The van der Waals surface area contributed by atoms with Gasteiger partial charge in [-0.2, -0.15) is 0 Å². The zero-order valence-electron chi connectivity index (χ0n) is 13.3. The van der Waals surface area contributed by atoms with Gasteiger partial charge in [-0.05, 0) is 32.1 Å². The predicted octanol–water partition coefficient (Wildman–Crippen LogP) is 1.65. The molecule has 2 aliphatic carbocycles. The molecule has 0 aliphatic heterocycles. The Morgan fingerprint density at radius 1 is 1.30 bits per heavy atom. The quantitative estimate of drug-likeness (QED) is 0.419. The highest BCUT2D eigenvalue weighted by molar-refractivity contribution is 7.99. The van der Waals surface area contributed by atoms with Crippen molar-refractivity contribution in [3.8, 4) is 0 Å². The van der Waals surface area contributed by atoms with Gasteiger partial charge in [-0.1, -0.05) is 11.8 Å². The summed E-state index contributed by atoms with van der Waals surface area (Å²) >= 11 is 1.44. The normalized spacial score (nSPS) is 17.1. The zero-order valence-corrected chi connectivity index (χ0v) is 14.1. The van der Waals surface area contributed by atoms with Gasteiger partial charge in [0.15, 0.2) is 5.16 Å². The number of hydrogen-bond acceptors (Lipinski definition) is 6. The summed E-state index contributed by atoms with van der Waals surface area (Å²) in [4.78, 5) is 22.9. The third-order valence-corrected chi connectivity index (χ3v) is 4.93. The van der Waals surface area contributed by atoms with E-state index >= 15 is 0 Å². The van der Waals surface area contributed by atoms with Crippen molar-refractivity contribution in [2.24, 2.45) is 0 Å². The first-order chi connectivity index (χ1) is 11.2. The summed E-state index contributed by atoms with van der Waals surface area (Å²) in [6.45, 7) is 0.483. The number of esters is 1. The molecule has 0 bridgehead atoms. The number of carbonyl (C=O) groups excluding carboxylic acids is 2. The third kappa shape index (κ3) is 4.46. The van der Waals surface area contributed by atoms with Crippen molar-refractivity contribution >= 4 is 23.6 Å². The molecule has 7 nitrogen and oxygen atoms in total. The molecule has 1 heterocycles. The fraction of sp³-hybridized carbons (Fsp3) is 0.733. The van der Waals surface area contributed by atoms with Crippen LogP contribution in [-0.4, -0.2) is 46.0 Å². The number of amides is 1. The summed E-state index contributed by atoms with van der Waals surface area (Å²) in [6, 6.07) is 0.534. The van der Waals surface area contributed by atoms with Gasteiger partial charge in [0.2, 0.25) is 5.91 Å². The number of ether oxygens (including phenoxy) is 1. The van der Waals surface area contributed by atoms with Crippen LogP contribution < -0.4 is 5.32 Å². The third-order valence-electron chi connectivity index (χ3n) is 3.99. The van der Waals surface area contributed by atoms with Crippen LogP contribution >= 0.6 is 11.8 Å². The van der Waals surface area contributed by atoms with Gasteiger partial charge in [0.05, 0.1) is 12.9 Å². The molecule has 0 atom stereocenters. The van der Waals surface area contributed by atoms with Gasteiger partial charge < -0.3 is 14.6 Å². The van der Waals surface area contributed by atoms with Gasteiger partial charge in [-0.3, -0.25) is 9.59 Å². The molecule has 0 saturated heterocycles. The minimum absolute atomic E-state index is 0.0433. The standard InChI is InChI=1S/C15H22N4O3S/c1-22-13(21)3-2-8-16-12(20)9-23-15-18-17-14(10-4-5-10)19(15)11-6-7-11/h10-11H,2-9H2,1H3,(H,16,20). The first kappa shape index (κ1) is 16.3. The number of nitrogens with one attached hydrogen (secondary N) is 1. The van der Waals surface area contributed by atoms with Crippen molar-refractivity contribution in [1.29, 1.82) is 0 Å². The Morgan fingerprint density at radius 3 is 2.74 bits per heavy atom. The van der Waals surface area contributed by atoms with Crippen LogP contribution in [0.5, 0.6) is 0 Å². The summed E-state index contributed by atoms with van der Waals surface area (Å²) in [7, 11) is 1.36. The molecule has 1 amide bonds. The van der Waals surface area contributed by atoms with E-state index in [1.54, 1.807) is 0 Å². The molecule has 1 N–H and O–H groups in total. The molecule has 1 aromatic heterocycles. The van der Waals surface area contributed by atoms with Crippen molar-refractivity contribution in [2.75, 3.05) is 19.4 Å². The lowest BCUT2D eigenvalue weighted by molar-refractivity contribution is -0.140. The highest BCUT2D eigenvalue weighted by atomic mass is 32.2. The highest BCUT2D eigenvalue weighted by Gasteiger charge is 2.36. The van der Waals surface area contributed by atoms with Crippen LogP contribution in [0.4, 0.5) is 0 Å². The average molecular weight is 338 g/mol. The SMILES string of the molecule is COC(=O)CCCNC(=O)CSc1nnc(C2CC2)n1C1CC1. The molecule has 0 aromatic carbocycles.